The normalized spacial score (nSPS) is 11.5. The van der Waals surface area contributed by atoms with Gasteiger partial charge in [-0.2, -0.15) is 11.3 Å². The molecule has 1 unspecified atom stereocenters. The first-order chi connectivity index (χ1) is 10.6. The van der Waals surface area contributed by atoms with Crippen LogP contribution in [0.1, 0.15) is 12.5 Å². The number of hydrogen-bond donors (Lipinski definition) is 3. The molecule has 0 aliphatic carbocycles. The minimum absolute atomic E-state index is 0.00372. The standard InChI is InChI=1S/C15H18N4O2S/c1-11(7-12-4-6-22-10-12)18-15(21)17-9-14(20)19-13-3-2-5-16-8-13/h2-6,8,10-11H,7,9H2,1H3,(H,19,20)(H2,17,18,21). The fourth-order valence-corrected chi connectivity index (χ4v) is 2.57. The van der Waals surface area contributed by atoms with Crippen LogP contribution in [0.15, 0.2) is 41.4 Å². The van der Waals surface area contributed by atoms with E-state index in [9.17, 15) is 9.59 Å². The van der Waals surface area contributed by atoms with E-state index in [1.165, 1.54) is 5.56 Å². The number of amides is 3. The third-order valence-electron chi connectivity index (χ3n) is 2.85. The number of nitrogens with one attached hydrogen (secondary N) is 3. The Bertz CT molecular complexity index is 601. The maximum atomic E-state index is 11.7. The lowest BCUT2D eigenvalue weighted by atomic mass is 10.1. The van der Waals surface area contributed by atoms with E-state index in [-0.39, 0.29) is 24.5 Å². The second-order valence-electron chi connectivity index (χ2n) is 4.85. The molecule has 0 aromatic carbocycles. The van der Waals surface area contributed by atoms with Gasteiger partial charge in [0.25, 0.3) is 0 Å². The van der Waals surface area contributed by atoms with Crippen LogP contribution in [0.5, 0.6) is 0 Å². The Hall–Kier alpha value is -2.41. The molecule has 0 saturated heterocycles. The van der Waals surface area contributed by atoms with E-state index < -0.39 is 0 Å². The van der Waals surface area contributed by atoms with Crippen molar-refractivity contribution >= 4 is 29.0 Å². The van der Waals surface area contributed by atoms with Gasteiger partial charge in [-0.15, -0.1) is 0 Å². The smallest absolute Gasteiger partial charge is 0.315 e. The van der Waals surface area contributed by atoms with Crippen LogP contribution in [0, 0.1) is 0 Å². The molecule has 0 fully saturated rings. The van der Waals surface area contributed by atoms with E-state index in [0.717, 1.165) is 6.42 Å². The fraction of sp³-hybridized carbons (Fsp3) is 0.267. The number of thiophene rings is 1. The quantitative estimate of drug-likeness (QED) is 0.762. The number of pyridine rings is 1. The van der Waals surface area contributed by atoms with E-state index >= 15 is 0 Å². The summed E-state index contributed by atoms with van der Waals surface area (Å²) in [5.74, 6) is -0.298. The molecule has 0 aliphatic rings. The van der Waals surface area contributed by atoms with Crippen LogP contribution in [0.2, 0.25) is 0 Å². The molecular formula is C15H18N4O2S. The van der Waals surface area contributed by atoms with Crippen molar-refractivity contribution in [1.82, 2.24) is 15.6 Å². The molecule has 3 N–H and O–H groups in total. The van der Waals surface area contributed by atoms with E-state index in [4.69, 9.17) is 0 Å². The number of urea groups is 1. The highest BCUT2D eigenvalue weighted by molar-refractivity contribution is 7.07. The Labute approximate surface area is 133 Å². The van der Waals surface area contributed by atoms with E-state index in [0.29, 0.717) is 5.69 Å². The monoisotopic (exact) mass is 318 g/mol. The van der Waals surface area contributed by atoms with Gasteiger partial charge in [0.15, 0.2) is 0 Å². The first-order valence-corrected chi connectivity index (χ1v) is 7.83. The summed E-state index contributed by atoms with van der Waals surface area (Å²) >= 11 is 1.63. The van der Waals surface area contributed by atoms with Gasteiger partial charge in [0.05, 0.1) is 18.4 Å². The van der Waals surface area contributed by atoms with E-state index in [1.54, 1.807) is 35.9 Å². The van der Waals surface area contributed by atoms with Crippen molar-refractivity contribution in [3.63, 3.8) is 0 Å². The van der Waals surface area contributed by atoms with Crippen molar-refractivity contribution in [2.45, 2.75) is 19.4 Å². The van der Waals surface area contributed by atoms with Gasteiger partial charge in [0.2, 0.25) is 5.91 Å². The number of rotatable bonds is 6. The third kappa shape index (κ3) is 5.53. The van der Waals surface area contributed by atoms with Gasteiger partial charge in [-0.25, -0.2) is 4.79 Å². The summed E-state index contributed by atoms with van der Waals surface area (Å²) < 4.78 is 0. The molecule has 0 radical (unpaired) electrons. The molecule has 2 rings (SSSR count). The van der Waals surface area contributed by atoms with Gasteiger partial charge in [0, 0.05) is 12.2 Å². The predicted molar refractivity (Wildman–Crippen MR) is 86.9 cm³/mol. The van der Waals surface area contributed by atoms with E-state index in [2.05, 4.69) is 26.3 Å². The van der Waals surface area contributed by atoms with Crippen LogP contribution in [-0.2, 0) is 11.2 Å². The van der Waals surface area contributed by atoms with Crippen molar-refractivity contribution in [3.8, 4) is 0 Å². The van der Waals surface area contributed by atoms with Gasteiger partial charge < -0.3 is 16.0 Å². The highest BCUT2D eigenvalue weighted by Gasteiger charge is 2.09. The molecule has 2 aromatic heterocycles. The van der Waals surface area contributed by atoms with Crippen molar-refractivity contribution in [2.24, 2.45) is 0 Å². The lowest BCUT2D eigenvalue weighted by molar-refractivity contribution is -0.115. The molecule has 6 nitrogen and oxygen atoms in total. The number of carbonyl (C=O) groups is 2. The zero-order valence-corrected chi connectivity index (χ0v) is 13.0. The molecule has 116 valence electrons. The van der Waals surface area contributed by atoms with Crippen molar-refractivity contribution in [1.29, 1.82) is 0 Å². The maximum Gasteiger partial charge on any atom is 0.315 e. The second-order valence-corrected chi connectivity index (χ2v) is 5.63. The summed E-state index contributed by atoms with van der Waals surface area (Å²) in [6.07, 6.45) is 3.93. The summed E-state index contributed by atoms with van der Waals surface area (Å²) in [5, 5.41) is 12.0. The number of nitrogens with zero attached hydrogens (tertiary/aromatic N) is 1. The fourth-order valence-electron chi connectivity index (χ4n) is 1.89. The van der Waals surface area contributed by atoms with Gasteiger partial charge in [-0.05, 0) is 47.9 Å². The molecule has 22 heavy (non-hydrogen) atoms. The summed E-state index contributed by atoms with van der Waals surface area (Å²) in [6, 6.07) is 5.12. The van der Waals surface area contributed by atoms with Crippen LogP contribution in [-0.4, -0.2) is 29.5 Å². The van der Waals surface area contributed by atoms with Crippen molar-refractivity contribution in [3.05, 3.63) is 46.9 Å². The van der Waals surface area contributed by atoms with Gasteiger partial charge in [0.1, 0.15) is 0 Å². The summed E-state index contributed by atoms with van der Waals surface area (Å²) in [6.45, 7) is 1.83. The zero-order valence-electron chi connectivity index (χ0n) is 12.2. The predicted octanol–water partition coefficient (Wildman–Crippen LogP) is 2.01. The Morgan fingerprint density at radius 1 is 1.36 bits per heavy atom. The van der Waals surface area contributed by atoms with Crippen LogP contribution in [0.4, 0.5) is 10.5 Å². The van der Waals surface area contributed by atoms with Gasteiger partial charge in [-0.3, -0.25) is 9.78 Å². The Balaban J connectivity index is 1.67. The minimum atomic E-state index is -0.357. The molecule has 0 bridgehead atoms. The molecule has 7 heteroatoms. The van der Waals surface area contributed by atoms with Gasteiger partial charge in [-0.1, -0.05) is 0 Å². The van der Waals surface area contributed by atoms with Crippen LogP contribution in [0.3, 0.4) is 0 Å². The van der Waals surface area contributed by atoms with Crippen molar-refractivity contribution < 1.29 is 9.59 Å². The average Bonchev–Trinajstić information content (AvgIpc) is 2.99. The van der Waals surface area contributed by atoms with Crippen LogP contribution >= 0.6 is 11.3 Å². The molecule has 2 aromatic rings. The van der Waals surface area contributed by atoms with Crippen molar-refractivity contribution in [2.75, 3.05) is 11.9 Å². The first kappa shape index (κ1) is 16.0. The highest BCUT2D eigenvalue weighted by atomic mass is 32.1. The Kier molecular flexibility index (Phi) is 5.91. The third-order valence-corrected chi connectivity index (χ3v) is 3.59. The summed E-state index contributed by atoms with van der Waals surface area (Å²) in [5.41, 5.74) is 1.78. The highest BCUT2D eigenvalue weighted by Crippen LogP contribution is 2.08. The second kappa shape index (κ2) is 8.14. The lowest BCUT2D eigenvalue weighted by Gasteiger charge is -2.14. The largest absolute Gasteiger partial charge is 0.335 e. The topological polar surface area (TPSA) is 83.1 Å². The van der Waals surface area contributed by atoms with Gasteiger partial charge >= 0.3 is 6.03 Å². The Morgan fingerprint density at radius 3 is 2.91 bits per heavy atom. The molecule has 1 atom stereocenters. The number of anilines is 1. The zero-order chi connectivity index (χ0) is 15.8. The lowest BCUT2D eigenvalue weighted by Crippen LogP contribution is -2.44. The molecule has 0 aliphatic heterocycles. The van der Waals surface area contributed by atoms with Crippen LogP contribution < -0.4 is 16.0 Å². The molecule has 3 amide bonds. The maximum absolute atomic E-state index is 11.7. The minimum Gasteiger partial charge on any atom is -0.335 e. The summed E-state index contributed by atoms with van der Waals surface area (Å²) in [7, 11) is 0. The number of aromatic nitrogens is 1. The van der Waals surface area contributed by atoms with E-state index in [1.807, 2.05) is 18.4 Å². The molecule has 0 spiro atoms. The average molecular weight is 318 g/mol. The molecule has 2 heterocycles. The van der Waals surface area contributed by atoms with Crippen LogP contribution in [0.25, 0.3) is 0 Å². The number of carbonyl (C=O) groups excluding carboxylic acids is 2. The summed E-state index contributed by atoms with van der Waals surface area (Å²) in [4.78, 5) is 27.3. The number of hydrogen-bond acceptors (Lipinski definition) is 4. The molecule has 0 saturated carbocycles. The SMILES string of the molecule is CC(Cc1ccsc1)NC(=O)NCC(=O)Nc1cccnc1. The Morgan fingerprint density at radius 2 is 2.23 bits per heavy atom. The molecular weight excluding hydrogens is 300 g/mol. The first-order valence-electron chi connectivity index (χ1n) is 6.89.